The maximum Gasteiger partial charge on any atom is 0.150 e. The molecule has 0 saturated heterocycles. The summed E-state index contributed by atoms with van der Waals surface area (Å²) in [7, 11) is -2.96. The van der Waals surface area contributed by atoms with Gasteiger partial charge in [0.25, 0.3) is 0 Å². The third kappa shape index (κ3) is 3.93. The molecule has 1 saturated carbocycles. The van der Waals surface area contributed by atoms with Gasteiger partial charge in [0.05, 0.1) is 5.25 Å². The Labute approximate surface area is 134 Å². The molecular weight excluding hydrogens is 387 g/mol. The van der Waals surface area contributed by atoms with Gasteiger partial charge in [0.2, 0.25) is 0 Å². The highest BCUT2D eigenvalue weighted by Crippen LogP contribution is 2.36. The summed E-state index contributed by atoms with van der Waals surface area (Å²) in [6, 6.07) is 8.23. The smallest absolute Gasteiger partial charge is 0.150 e. The number of hydrogen-bond donors (Lipinski definition) is 2. The van der Waals surface area contributed by atoms with Crippen molar-refractivity contribution in [2.45, 2.75) is 37.0 Å². The van der Waals surface area contributed by atoms with E-state index in [1.807, 2.05) is 12.1 Å². The summed E-state index contributed by atoms with van der Waals surface area (Å²) >= 11 is 2.28. The normalized spacial score (nSPS) is 25.4. The van der Waals surface area contributed by atoms with Gasteiger partial charge in [-0.05, 0) is 65.5 Å². The fourth-order valence-electron chi connectivity index (χ4n) is 3.08. The van der Waals surface area contributed by atoms with Gasteiger partial charge in [-0.25, -0.2) is 8.42 Å². The summed E-state index contributed by atoms with van der Waals surface area (Å²) in [6.45, 7) is 0. The predicted octanol–water partition coefficient (Wildman–Crippen LogP) is 2.40. The zero-order valence-electron chi connectivity index (χ0n) is 11.5. The molecule has 3 unspecified atom stereocenters. The Morgan fingerprint density at radius 1 is 1.40 bits per heavy atom. The van der Waals surface area contributed by atoms with Crippen LogP contribution in [-0.4, -0.2) is 19.9 Å². The maximum absolute atomic E-state index is 11.8. The zero-order valence-corrected chi connectivity index (χ0v) is 14.5. The molecule has 1 aliphatic carbocycles. The van der Waals surface area contributed by atoms with Crippen molar-refractivity contribution < 1.29 is 8.42 Å². The van der Waals surface area contributed by atoms with Crippen LogP contribution in [0.4, 0.5) is 0 Å². The van der Waals surface area contributed by atoms with E-state index in [1.54, 1.807) is 0 Å². The molecule has 3 atom stereocenters. The third-order valence-electron chi connectivity index (χ3n) is 4.13. The molecule has 3 N–H and O–H groups in total. The highest BCUT2D eigenvalue weighted by Gasteiger charge is 2.33. The van der Waals surface area contributed by atoms with Crippen LogP contribution >= 0.6 is 22.6 Å². The van der Waals surface area contributed by atoms with Crippen molar-refractivity contribution >= 4 is 32.4 Å². The molecule has 0 bridgehead atoms. The molecule has 0 aromatic heterocycles. The van der Waals surface area contributed by atoms with E-state index in [0.29, 0.717) is 6.42 Å². The standard InChI is InChI=1S/C14H21IN2O2S/c1-20(18,19)13-7-3-5-11(9-13)14(17-16)10-4-2-6-12(15)8-10/h2,4,6,8,11,13-14,17H,3,5,7,9,16H2,1H3. The monoisotopic (exact) mass is 408 g/mol. The molecule has 1 aromatic carbocycles. The number of rotatable bonds is 4. The Kier molecular flexibility index (Phi) is 5.44. The highest BCUT2D eigenvalue weighted by atomic mass is 127. The SMILES string of the molecule is CS(=O)(=O)C1CCCC(C(NN)c2cccc(I)c2)C1. The van der Waals surface area contributed by atoms with Crippen LogP contribution in [0.3, 0.4) is 0 Å². The number of hydrogen-bond acceptors (Lipinski definition) is 4. The topological polar surface area (TPSA) is 72.2 Å². The Bertz CT molecular complexity index is 562. The van der Waals surface area contributed by atoms with Crippen LogP contribution in [0.2, 0.25) is 0 Å². The molecule has 0 amide bonds. The molecule has 1 aliphatic rings. The summed E-state index contributed by atoms with van der Waals surface area (Å²) in [6.07, 6.45) is 4.78. The molecule has 20 heavy (non-hydrogen) atoms. The van der Waals surface area contributed by atoms with Crippen LogP contribution in [0.25, 0.3) is 0 Å². The number of sulfone groups is 1. The first-order valence-electron chi connectivity index (χ1n) is 6.82. The van der Waals surface area contributed by atoms with E-state index in [2.05, 4.69) is 40.1 Å². The number of nitrogens with two attached hydrogens (primary N) is 1. The zero-order chi connectivity index (χ0) is 14.8. The van der Waals surface area contributed by atoms with Gasteiger partial charge in [-0.3, -0.25) is 11.3 Å². The van der Waals surface area contributed by atoms with Crippen LogP contribution in [0.1, 0.15) is 37.3 Å². The van der Waals surface area contributed by atoms with E-state index in [1.165, 1.54) is 6.26 Å². The minimum absolute atomic E-state index is 0.0225. The second-order valence-corrected chi connectivity index (χ2v) is 9.15. The lowest BCUT2D eigenvalue weighted by Crippen LogP contribution is -2.38. The lowest BCUT2D eigenvalue weighted by atomic mass is 9.81. The lowest BCUT2D eigenvalue weighted by Gasteiger charge is -2.33. The molecule has 0 spiro atoms. The van der Waals surface area contributed by atoms with E-state index in [-0.39, 0.29) is 17.2 Å². The van der Waals surface area contributed by atoms with Gasteiger partial charge in [0.1, 0.15) is 9.84 Å². The molecule has 1 aromatic rings. The van der Waals surface area contributed by atoms with E-state index in [9.17, 15) is 8.42 Å². The Morgan fingerprint density at radius 3 is 2.75 bits per heavy atom. The number of benzene rings is 1. The summed E-state index contributed by atoms with van der Waals surface area (Å²) in [5.74, 6) is 6.01. The Balaban J connectivity index is 2.19. The fourth-order valence-corrected chi connectivity index (χ4v) is 4.84. The van der Waals surface area contributed by atoms with Crippen molar-refractivity contribution in [3.05, 3.63) is 33.4 Å². The largest absolute Gasteiger partial charge is 0.271 e. The van der Waals surface area contributed by atoms with E-state index >= 15 is 0 Å². The predicted molar refractivity (Wildman–Crippen MR) is 89.8 cm³/mol. The molecule has 2 rings (SSSR count). The Morgan fingerprint density at radius 2 is 2.15 bits per heavy atom. The average molecular weight is 408 g/mol. The van der Waals surface area contributed by atoms with Crippen molar-refractivity contribution in [2.75, 3.05) is 6.26 Å². The summed E-state index contributed by atoms with van der Waals surface area (Å²) in [5.41, 5.74) is 4.03. The molecule has 4 nitrogen and oxygen atoms in total. The first-order valence-corrected chi connectivity index (χ1v) is 9.85. The minimum Gasteiger partial charge on any atom is -0.271 e. The fraction of sp³-hybridized carbons (Fsp3) is 0.571. The summed E-state index contributed by atoms with van der Waals surface area (Å²) in [5, 5.41) is -0.222. The van der Waals surface area contributed by atoms with E-state index in [0.717, 1.165) is 28.4 Å². The number of nitrogens with one attached hydrogen (secondary N) is 1. The van der Waals surface area contributed by atoms with E-state index < -0.39 is 9.84 Å². The highest BCUT2D eigenvalue weighted by molar-refractivity contribution is 14.1. The van der Waals surface area contributed by atoms with Gasteiger partial charge in [0, 0.05) is 15.9 Å². The van der Waals surface area contributed by atoms with Gasteiger partial charge in [-0.15, -0.1) is 0 Å². The van der Waals surface area contributed by atoms with Gasteiger partial charge in [0.15, 0.2) is 0 Å². The third-order valence-corrected chi connectivity index (χ3v) is 6.44. The maximum atomic E-state index is 11.8. The number of hydrazine groups is 1. The summed E-state index contributed by atoms with van der Waals surface area (Å²) < 4.78 is 24.7. The summed E-state index contributed by atoms with van der Waals surface area (Å²) in [4.78, 5) is 0. The lowest BCUT2D eigenvalue weighted by molar-refractivity contribution is 0.274. The molecule has 6 heteroatoms. The second-order valence-electron chi connectivity index (χ2n) is 5.58. The van der Waals surface area contributed by atoms with Crippen LogP contribution in [0.5, 0.6) is 0 Å². The average Bonchev–Trinajstić information content (AvgIpc) is 2.39. The molecule has 0 aliphatic heterocycles. The first-order chi connectivity index (χ1) is 9.41. The first kappa shape index (κ1) is 16.2. The molecule has 1 fully saturated rings. The van der Waals surface area contributed by atoms with Crippen molar-refractivity contribution in [2.24, 2.45) is 11.8 Å². The van der Waals surface area contributed by atoms with Crippen LogP contribution in [0.15, 0.2) is 24.3 Å². The molecule has 0 heterocycles. The van der Waals surface area contributed by atoms with Gasteiger partial charge >= 0.3 is 0 Å². The van der Waals surface area contributed by atoms with Crippen molar-refractivity contribution in [3.8, 4) is 0 Å². The van der Waals surface area contributed by atoms with Crippen LogP contribution in [-0.2, 0) is 9.84 Å². The quantitative estimate of drug-likeness (QED) is 0.456. The van der Waals surface area contributed by atoms with Crippen LogP contribution in [0, 0.1) is 9.49 Å². The van der Waals surface area contributed by atoms with Gasteiger partial charge in [-0.2, -0.15) is 0 Å². The van der Waals surface area contributed by atoms with E-state index in [4.69, 9.17) is 5.84 Å². The Hall–Kier alpha value is -0.180. The molecule has 0 radical (unpaired) electrons. The van der Waals surface area contributed by atoms with Crippen LogP contribution < -0.4 is 11.3 Å². The van der Waals surface area contributed by atoms with Crippen molar-refractivity contribution in [1.82, 2.24) is 5.43 Å². The molecule has 112 valence electrons. The second kappa shape index (κ2) is 6.72. The van der Waals surface area contributed by atoms with Crippen molar-refractivity contribution in [3.63, 3.8) is 0 Å². The minimum atomic E-state index is -2.96. The van der Waals surface area contributed by atoms with Crippen molar-refractivity contribution in [1.29, 1.82) is 0 Å². The molecular formula is C14H21IN2O2S. The number of halogens is 1. The van der Waals surface area contributed by atoms with Gasteiger partial charge in [-0.1, -0.05) is 18.6 Å². The van der Waals surface area contributed by atoms with Gasteiger partial charge < -0.3 is 0 Å².